The van der Waals surface area contributed by atoms with Gasteiger partial charge < -0.3 is 10.4 Å². The second kappa shape index (κ2) is 5.38. The first-order valence-corrected chi connectivity index (χ1v) is 6.35. The average molecular weight is 251 g/mol. The number of hydrogen-bond acceptors (Lipinski definition) is 2. The summed E-state index contributed by atoms with van der Waals surface area (Å²) in [7, 11) is 0. The van der Waals surface area contributed by atoms with Crippen molar-refractivity contribution in [3.63, 3.8) is 0 Å². The Morgan fingerprint density at radius 3 is 2.89 bits per heavy atom. The second-order valence-corrected chi connectivity index (χ2v) is 5.11. The largest absolute Gasteiger partial charge is 0.508 e. The molecule has 0 aromatic heterocycles. The number of amides is 1. The van der Waals surface area contributed by atoms with E-state index in [1.807, 2.05) is 0 Å². The van der Waals surface area contributed by atoms with E-state index in [9.17, 15) is 9.18 Å². The van der Waals surface area contributed by atoms with E-state index in [2.05, 4.69) is 12.2 Å². The molecule has 2 N–H and O–H groups in total. The Morgan fingerprint density at radius 1 is 1.44 bits per heavy atom. The van der Waals surface area contributed by atoms with Crippen LogP contribution in [0.1, 0.15) is 43.0 Å². The first-order chi connectivity index (χ1) is 8.56. The minimum absolute atomic E-state index is 0.00831. The van der Waals surface area contributed by atoms with E-state index >= 15 is 0 Å². The predicted molar refractivity (Wildman–Crippen MR) is 67.0 cm³/mol. The molecule has 2 rings (SSSR count). The Labute approximate surface area is 106 Å². The lowest BCUT2D eigenvalue weighted by molar-refractivity contribution is 0.0917. The van der Waals surface area contributed by atoms with Crippen LogP contribution in [0.3, 0.4) is 0 Å². The minimum atomic E-state index is -0.684. The fraction of sp³-hybridized carbons (Fsp3) is 0.500. The number of rotatable bonds is 2. The van der Waals surface area contributed by atoms with E-state index in [4.69, 9.17) is 5.11 Å². The Balaban J connectivity index is 2.03. The normalized spacial score (nSPS) is 23.7. The molecule has 18 heavy (non-hydrogen) atoms. The van der Waals surface area contributed by atoms with Crippen LogP contribution in [-0.4, -0.2) is 17.1 Å². The number of halogens is 1. The zero-order chi connectivity index (χ0) is 13.1. The third kappa shape index (κ3) is 3.00. The summed E-state index contributed by atoms with van der Waals surface area (Å²) >= 11 is 0. The van der Waals surface area contributed by atoms with Gasteiger partial charge in [-0.2, -0.15) is 0 Å². The molecule has 0 heterocycles. The van der Waals surface area contributed by atoms with E-state index in [-0.39, 0.29) is 17.4 Å². The van der Waals surface area contributed by atoms with Crippen molar-refractivity contribution in [1.29, 1.82) is 0 Å². The third-order valence-electron chi connectivity index (χ3n) is 3.47. The average Bonchev–Trinajstić information content (AvgIpc) is 2.28. The molecule has 1 aromatic carbocycles. The van der Waals surface area contributed by atoms with Crippen LogP contribution < -0.4 is 5.32 Å². The first-order valence-electron chi connectivity index (χ1n) is 6.35. The highest BCUT2D eigenvalue weighted by Crippen LogP contribution is 2.24. The molecule has 0 bridgehead atoms. The molecule has 3 nitrogen and oxygen atoms in total. The summed E-state index contributed by atoms with van der Waals surface area (Å²) in [4.78, 5) is 11.9. The van der Waals surface area contributed by atoms with Gasteiger partial charge in [-0.25, -0.2) is 4.39 Å². The molecule has 0 saturated heterocycles. The molecule has 1 fully saturated rings. The highest BCUT2D eigenvalue weighted by Gasteiger charge is 2.22. The van der Waals surface area contributed by atoms with Crippen LogP contribution >= 0.6 is 0 Å². The zero-order valence-corrected chi connectivity index (χ0v) is 10.4. The fourth-order valence-corrected chi connectivity index (χ4v) is 2.52. The number of phenols is 1. The molecule has 2 atom stereocenters. The predicted octanol–water partition coefficient (Wildman–Crippen LogP) is 2.84. The van der Waals surface area contributed by atoms with E-state index in [1.165, 1.54) is 18.6 Å². The van der Waals surface area contributed by atoms with Crippen LogP contribution in [0.4, 0.5) is 4.39 Å². The van der Waals surface area contributed by atoms with Crippen LogP contribution in [0.15, 0.2) is 18.2 Å². The standard InChI is InChI=1S/C14H18FNO2/c1-9-3-2-4-10(7-9)16-14(18)12-6-5-11(17)8-13(12)15/h5-6,8-10,17H,2-4,7H2,1H3,(H,16,18). The Hall–Kier alpha value is -1.58. The molecular weight excluding hydrogens is 233 g/mol. The van der Waals surface area contributed by atoms with Gasteiger partial charge in [0.15, 0.2) is 0 Å². The monoisotopic (exact) mass is 251 g/mol. The lowest BCUT2D eigenvalue weighted by Crippen LogP contribution is -2.38. The molecule has 0 radical (unpaired) electrons. The molecule has 0 aliphatic heterocycles. The molecule has 1 saturated carbocycles. The molecule has 2 unspecified atom stereocenters. The first kappa shape index (κ1) is 12.9. The number of hydrogen-bond donors (Lipinski definition) is 2. The molecule has 4 heteroatoms. The minimum Gasteiger partial charge on any atom is -0.508 e. The summed E-state index contributed by atoms with van der Waals surface area (Å²) in [6.07, 6.45) is 4.20. The maximum Gasteiger partial charge on any atom is 0.254 e. The van der Waals surface area contributed by atoms with Crippen molar-refractivity contribution >= 4 is 5.91 Å². The smallest absolute Gasteiger partial charge is 0.254 e. The van der Waals surface area contributed by atoms with Crippen LogP contribution in [-0.2, 0) is 0 Å². The van der Waals surface area contributed by atoms with Crippen LogP contribution in [0, 0.1) is 11.7 Å². The van der Waals surface area contributed by atoms with Crippen molar-refractivity contribution in [1.82, 2.24) is 5.32 Å². The van der Waals surface area contributed by atoms with Crippen molar-refractivity contribution in [2.24, 2.45) is 5.92 Å². The van der Waals surface area contributed by atoms with Gasteiger partial charge in [0.2, 0.25) is 0 Å². The van der Waals surface area contributed by atoms with Gasteiger partial charge in [0.1, 0.15) is 11.6 Å². The van der Waals surface area contributed by atoms with Gasteiger partial charge in [0.05, 0.1) is 5.56 Å². The highest BCUT2D eigenvalue weighted by atomic mass is 19.1. The summed E-state index contributed by atoms with van der Waals surface area (Å²) in [5.41, 5.74) is -0.00831. The molecule has 1 amide bonds. The van der Waals surface area contributed by atoms with Crippen LogP contribution in [0.25, 0.3) is 0 Å². The zero-order valence-electron chi connectivity index (χ0n) is 10.4. The summed E-state index contributed by atoms with van der Waals surface area (Å²) in [5, 5.41) is 12.0. The Bertz CT molecular complexity index is 447. The highest BCUT2D eigenvalue weighted by molar-refractivity contribution is 5.94. The summed E-state index contributed by atoms with van der Waals surface area (Å²) in [5.74, 6) is -0.646. The van der Waals surface area contributed by atoms with Gasteiger partial charge in [0.25, 0.3) is 5.91 Å². The molecule has 1 aliphatic carbocycles. The van der Waals surface area contributed by atoms with Crippen LogP contribution in [0.2, 0.25) is 0 Å². The van der Waals surface area contributed by atoms with E-state index in [0.29, 0.717) is 5.92 Å². The number of carbonyl (C=O) groups is 1. The number of phenolic OH excluding ortho intramolecular Hbond substituents is 1. The van der Waals surface area contributed by atoms with Gasteiger partial charge >= 0.3 is 0 Å². The lowest BCUT2D eigenvalue weighted by Gasteiger charge is -2.27. The van der Waals surface area contributed by atoms with Gasteiger partial charge in [0, 0.05) is 12.1 Å². The van der Waals surface area contributed by atoms with Crippen LogP contribution in [0.5, 0.6) is 5.75 Å². The molecule has 98 valence electrons. The topological polar surface area (TPSA) is 49.3 Å². The number of benzene rings is 1. The fourth-order valence-electron chi connectivity index (χ4n) is 2.52. The van der Waals surface area contributed by atoms with E-state index in [1.54, 1.807) is 0 Å². The summed E-state index contributed by atoms with van der Waals surface area (Å²) < 4.78 is 13.5. The van der Waals surface area contributed by atoms with Crippen molar-refractivity contribution in [3.05, 3.63) is 29.6 Å². The summed E-state index contributed by atoms with van der Waals surface area (Å²) in [6.45, 7) is 2.17. The summed E-state index contributed by atoms with van der Waals surface area (Å²) in [6, 6.07) is 3.72. The van der Waals surface area contributed by atoms with Gasteiger partial charge in [-0.05, 0) is 30.9 Å². The SMILES string of the molecule is CC1CCCC(NC(=O)c2ccc(O)cc2F)C1. The maximum atomic E-state index is 13.5. The van der Waals surface area contributed by atoms with E-state index in [0.717, 1.165) is 25.3 Å². The van der Waals surface area contributed by atoms with Crippen molar-refractivity contribution < 1.29 is 14.3 Å². The molecule has 1 aromatic rings. The van der Waals surface area contributed by atoms with Gasteiger partial charge in [-0.3, -0.25) is 4.79 Å². The maximum absolute atomic E-state index is 13.5. The van der Waals surface area contributed by atoms with E-state index < -0.39 is 11.7 Å². The third-order valence-corrected chi connectivity index (χ3v) is 3.47. The lowest BCUT2D eigenvalue weighted by atomic mass is 9.87. The number of aromatic hydroxyl groups is 1. The molecule has 0 spiro atoms. The molecular formula is C14H18FNO2. The number of carbonyl (C=O) groups excluding carboxylic acids is 1. The number of nitrogens with one attached hydrogen (secondary N) is 1. The Morgan fingerprint density at radius 2 is 2.22 bits per heavy atom. The van der Waals surface area contributed by atoms with Crippen molar-refractivity contribution in [2.45, 2.75) is 38.6 Å². The Kier molecular flexibility index (Phi) is 3.84. The van der Waals surface area contributed by atoms with Gasteiger partial charge in [-0.15, -0.1) is 0 Å². The molecule has 1 aliphatic rings. The quantitative estimate of drug-likeness (QED) is 0.849. The second-order valence-electron chi connectivity index (χ2n) is 5.11. The van der Waals surface area contributed by atoms with Gasteiger partial charge in [-0.1, -0.05) is 19.8 Å². The van der Waals surface area contributed by atoms with Crippen molar-refractivity contribution in [3.8, 4) is 5.75 Å². The van der Waals surface area contributed by atoms with Crippen molar-refractivity contribution in [2.75, 3.05) is 0 Å².